The molecule has 12 aromatic rings. The normalized spacial score (nSPS) is 11.5. The molecular formula is C60H39N5. The molecule has 0 radical (unpaired) electrons. The fourth-order valence-corrected chi connectivity index (χ4v) is 9.04. The molecule has 0 saturated carbocycles. The molecule has 0 aliphatic carbocycles. The first kappa shape index (κ1) is 38.0. The molecule has 5 heteroatoms. The molecule has 4 aromatic heterocycles. The van der Waals surface area contributed by atoms with Crippen LogP contribution in [0.1, 0.15) is 5.56 Å². The lowest BCUT2D eigenvalue weighted by Crippen LogP contribution is -1.96. The van der Waals surface area contributed by atoms with Crippen molar-refractivity contribution in [3.63, 3.8) is 0 Å². The van der Waals surface area contributed by atoms with Crippen molar-refractivity contribution >= 4 is 43.5 Å². The lowest BCUT2D eigenvalue weighted by Gasteiger charge is -2.12. The Kier molecular flexibility index (Phi) is 9.31. The van der Waals surface area contributed by atoms with Crippen LogP contribution in [0, 0.1) is 6.92 Å². The van der Waals surface area contributed by atoms with Crippen molar-refractivity contribution < 1.29 is 0 Å². The SMILES string of the molecule is Cc1cc(-c2ccc3ccccc3c2)nc2c1ccc1ccc(-c3ccc(-c4cccc(-c5nc(-c6ccccc6)cc(-c6cccc(-c7ccnc8ccccc78)c6)n5)c4)cc3)nc12. The maximum absolute atomic E-state index is 5.28. The molecule has 0 aliphatic heterocycles. The molecule has 12 rings (SSSR count). The molecular weight excluding hydrogens is 791 g/mol. The van der Waals surface area contributed by atoms with Gasteiger partial charge in [0.05, 0.1) is 39.3 Å². The molecule has 0 amide bonds. The van der Waals surface area contributed by atoms with Crippen LogP contribution >= 0.6 is 0 Å². The van der Waals surface area contributed by atoms with Gasteiger partial charge in [0.25, 0.3) is 0 Å². The van der Waals surface area contributed by atoms with Crippen LogP contribution in [0.3, 0.4) is 0 Å². The third-order valence-electron chi connectivity index (χ3n) is 12.4. The third kappa shape index (κ3) is 7.15. The topological polar surface area (TPSA) is 64.5 Å². The van der Waals surface area contributed by atoms with E-state index in [-0.39, 0.29) is 0 Å². The van der Waals surface area contributed by atoms with E-state index < -0.39 is 0 Å². The number of rotatable bonds is 7. The second-order valence-electron chi connectivity index (χ2n) is 16.6. The number of nitrogens with zero attached hydrogens (tertiary/aromatic N) is 5. The van der Waals surface area contributed by atoms with Gasteiger partial charge in [0.15, 0.2) is 5.82 Å². The van der Waals surface area contributed by atoms with Crippen LogP contribution in [-0.2, 0) is 0 Å². The van der Waals surface area contributed by atoms with Crippen molar-refractivity contribution in [2.75, 3.05) is 0 Å². The lowest BCUT2D eigenvalue weighted by atomic mass is 9.98. The van der Waals surface area contributed by atoms with Gasteiger partial charge in [0.2, 0.25) is 0 Å². The van der Waals surface area contributed by atoms with Crippen molar-refractivity contribution in [1.29, 1.82) is 0 Å². The van der Waals surface area contributed by atoms with Gasteiger partial charge >= 0.3 is 0 Å². The highest BCUT2D eigenvalue weighted by molar-refractivity contribution is 6.05. The monoisotopic (exact) mass is 829 g/mol. The van der Waals surface area contributed by atoms with Gasteiger partial charge in [-0.25, -0.2) is 19.9 Å². The number of aromatic nitrogens is 5. The van der Waals surface area contributed by atoms with E-state index in [1.54, 1.807) is 0 Å². The third-order valence-corrected chi connectivity index (χ3v) is 12.4. The molecule has 304 valence electrons. The summed E-state index contributed by atoms with van der Waals surface area (Å²) >= 11 is 0. The molecule has 0 N–H and O–H groups in total. The van der Waals surface area contributed by atoms with Gasteiger partial charge in [0, 0.05) is 50.2 Å². The molecule has 0 atom stereocenters. The number of hydrogen-bond acceptors (Lipinski definition) is 5. The van der Waals surface area contributed by atoms with Gasteiger partial charge in [-0.1, -0.05) is 164 Å². The minimum absolute atomic E-state index is 0.666. The van der Waals surface area contributed by atoms with Crippen LogP contribution in [0.5, 0.6) is 0 Å². The zero-order chi connectivity index (χ0) is 43.3. The summed E-state index contributed by atoms with van der Waals surface area (Å²) in [7, 11) is 0. The van der Waals surface area contributed by atoms with Gasteiger partial charge in [0.1, 0.15) is 0 Å². The first-order chi connectivity index (χ1) is 32.1. The maximum Gasteiger partial charge on any atom is 0.160 e. The van der Waals surface area contributed by atoms with E-state index in [0.29, 0.717) is 5.82 Å². The lowest BCUT2D eigenvalue weighted by molar-refractivity contribution is 1.18. The van der Waals surface area contributed by atoms with Crippen molar-refractivity contribution in [3.8, 4) is 78.7 Å². The molecule has 65 heavy (non-hydrogen) atoms. The van der Waals surface area contributed by atoms with Crippen LogP contribution in [0.25, 0.3) is 122 Å². The fraction of sp³-hybridized carbons (Fsp3) is 0.0167. The highest BCUT2D eigenvalue weighted by Crippen LogP contribution is 2.36. The van der Waals surface area contributed by atoms with Crippen LogP contribution in [0.4, 0.5) is 0 Å². The van der Waals surface area contributed by atoms with E-state index >= 15 is 0 Å². The first-order valence-electron chi connectivity index (χ1n) is 21.9. The van der Waals surface area contributed by atoms with Gasteiger partial charge < -0.3 is 0 Å². The number of aryl methyl sites for hydroxylation is 1. The average molecular weight is 830 g/mol. The molecule has 0 fully saturated rings. The van der Waals surface area contributed by atoms with Crippen molar-refractivity contribution in [2.45, 2.75) is 6.92 Å². The Bertz CT molecular complexity index is 3780. The number of benzene rings is 8. The van der Waals surface area contributed by atoms with Crippen LogP contribution in [0.15, 0.2) is 219 Å². The van der Waals surface area contributed by atoms with E-state index in [0.717, 1.165) is 106 Å². The van der Waals surface area contributed by atoms with E-state index in [2.05, 4.69) is 200 Å². The summed E-state index contributed by atoms with van der Waals surface area (Å²) < 4.78 is 0. The summed E-state index contributed by atoms with van der Waals surface area (Å²) in [4.78, 5) is 25.5. The van der Waals surface area contributed by atoms with E-state index in [9.17, 15) is 0 Å². The first-order valence-corrected chi connectivity index (χ1v) is 21.9. The molecule has 0 aliphatic rings. The summed E-state index contributed by atoms with van der Waals surface area (Å²) in [6.07, 6.45) is 1.88. The Morgan fingerprint density at radius 3 is 1.78 bits per heavy atom. The molecule has 0 unspecified atom stereocenters. The summed E-state index contributed by atoms with van der Waals surface area (Å²) in [6.45, 7) is 2.16. The summed E-state index contributed by atoms with van der Waals surface area (Å²) in [5.41, 5.74) is 17.1. The van der Waals surface area contributed by atoms with Gasteiger partial charge in [-0.3, -0.25) is 4.98 Å². The zero-order valence-electron chi connectivity index (χ0n) is 35.5. The predicted molar refractivity (Wildman–Crippen MR) is 268 cm³/mol. The summed E-state index contributed by atoms with van der Waals surface area (Å²) in [5, 5.41) is 5.71. The minimum atomic E-state index is 0.666. The molecule has 5 nitrogen and oxygen atoms in total. The standard InChI is InChI=1S/C60H39N5/c1-38-33-55(48-26-23-39-11-5-6-14-44(39)34-48)63-59-50(38)29-27-43-28-30-53(62-58(43)59)42-24-21-40(22-25-42)45-15-9-18-49(35-45)60-64-56(41-12-3-2-4-13-41)37-57(65-60)47-17-10-16-46(36-47)51-31-32-61-54-20-8-7-19-52(51)54/h2-37H,1H3. The Hall–Kier alpha value is -8.67. The number of para-hydroxylation sites is 1. The second kappa shape index (κ2) is 15.9. The predicted octanol–water partition coefficient (Wildman–Crippen LogP) is 15.3. The second-order valence-corrected chi connectivity index (χ2v) is 16.6. The fourth-order valence-electron chi connectivity index (χ4n) is 9.04. The quantitative estimate of drug-likeness (QED) is 0.150. The zero-order valence-corrected chi connectivity index (χ0v) is 35.5. The highest BCUT2D eigenvalue weighted by atomic mass is 14.9. The van der Waals surface area contributed by atoms with E-state index in [1.165, 1.54) is 16.3 Å². The van der Waals surface area contributed by atoms with Crippen molar-refractivity contribution in [2.24, 2.45) is 0 Å². The minimum Gasteiger partial charge on any atom is -0.256 e. The van der Waals surface area contributed by atoms with Gasteiger partial charge in [-0.15, -0.1) is 0 Å². The van der Waals surface area contributed by atoms with Gasteiger partial charge in [-0.05, 0) is 94.0 Å². The molecule has 0 bridgehead atoms. The Morgan fingerprint density at radius 2 is 0.908 bits per heavy atom. The van der Waals surface area contributed by atoms with Crippen LogP contribution in [-0.4, -0.2) is 24.9 Å². The number of fused-ring (bicyclic) bond motifs is 5. The highest BCUT2D eigenvalue weighted by Gasteiger charge is 2.15. The van der Waals surface area contributed by atoms with Gasteiger partial charge in [-0.2, -0.15) is 0 Å². The largest absolute Gasteiger partial charge is 0.256 e. The smallest absolute Gasteiger partial charge is 0.160 e. The number of hydrogen-bond donors (Lipinski definition) is 0. The Labute approximate surface area is 376 Å². The summed E-state index contributed by atoms with van der Waals surface area (Å²) in [5.74, 6) is 0.666. The van der Waals surface area contributed by atoms with E-state index in [1.807, 2.05) is 30.5 Å². The van der Waals surface area contributed by atoms with Crippen LogP contribution < -0.4 is 0 Å². The average Bonchev–Trinajstić information content (AvgIpc) is 3.38. The molecule has 0 saturated heterocycles. The van der Waals surface area contributed by atoms with Crippen molar-refractivity contribution in [1.82, 2.24) is 24.9 Å². The molecule has 8 aromatic carbocycles. The maximum atomic E-state index is 5.28. The Morgan fingerprint density at radius 1 is 0.308 bits per heavy atom. The van der Waals surface area contributed by atoms with Crippen LogP contribution in [0.2, 0.25) is 0 Å². The Balaban J connectivity index is 0.888. The summed E-state index contributed by atoms with van der Waals surface area (Å²) in [6, 6.07) is 74.3. The number of pyridine rings is 3. The molecule has 0 spiro atoms. The van der Waals surface area contributed by atoms with Crippen molar-refractivity contribution in [3.05, 3.63) is 224 Å². The molecule has 4 heterocycles. The van der Waals surface area contributed by atoms with E-state index in [4.69, 9.17) is 19.9 Å².